The first-order chi connectivity index (χ1) is 9.17. The number of likely N-dealkylation sites (tertiary alicyclic amines) is 1. The maximum atomic E-state index is 5.23. The molecule has 1 fully saturated rings. The molecular formula is C14H25N3OS. The number of ether oxygens (including phenoxy) is 1. The van der Waals surface area contributed by atoms with E-state index < -0.39 is 0 Å². The minimum absolute atomic E-state index is 0.515. The van der Waals surface area contributed by atoms with Gasteiger partial charge in [-0.3, -0.25) is 4.90 Å². The summed E-state index contributed by atoms with van der Waals surface area (Å²) < 4.78 is 5.23. The van der Waals surface area contributed by atoms with Crippen LogP contribution in [0.1, 0.15) is 31.0 Å². The minimum atomic E-state index is 0.515. The standard InChI is InChI=1S/C14H25N3OS/c1-11(2)15-6-14-16-13(10-19-14)8-17-5-4-12(7-17)9-18-3/h10-12,15H,4-9H2,1-3H3. The molecule has 0 radical (unpaired) electrons. The van der Waals surface area contributed by atoms with E-state index in [2.05, 4.69) is 29.4 Å². The second-order valence-corrected chi connectivity index (χ2v) is 6.56. The van der Waals surface area contributed by atoms with Gasteiger partial charge in [0, 0.05) is 38.2 Å². The van der Waals surface area contributed by atoms with Crippen molar-refractivity contribution < 1.29 is 4.74 Å². The smallest absolute Gasteiger partial charge is 0.107 e. The highest BCUT2D eigenvalue weighted by atomic mass is 32.1. The van der Waals surface area contributed by atoms with E-state index in [1.807, 2.05) is 0 Å². The summed E-state index contributed by atoms with van der Waals surface area (Å²) in [5.74, 6) is 0.700. The van der Waals surface area contributed by atoms with Crippen molar-refractivity contribution in [3.63, 3.8) is 0 Å². The lowest BCUT2D eigenvalue weighted by Gasteiger charge is -2.14. The minimum Gasteiger partial charge on any atom is -0.384 e. The Morgan fingerprint density at radius 1 is 1.58 bits per heavy atom. The molecule has 0 aromatic carbocycles. The van der Waals surface area contributed by atoms with Crippen LogP contribution < -0.4 is 5.32 Å². The molecule has 1 saturated heterocycles. The number of aromatic nitrogens is 1. The van der Waals surface area contributed by atoms with Gasteiger partial charge >= 0.3 is 0 Å². The van der Waals surface area contributed by atoms with E-state index >= 15 is 0 Å². The molecule has 1 aliphatic heterocycles. The molecule has 0 bridgehead atoms. The van der Waals surface area contributed by atoms with Crippen molar-refractivity contribution in [3.05, 3.63) is 16.1 Å². The molecule has 2 rings (SSSR count). The second kappa shape index (κ2) is 7.33. The fraction of sp³-hybridized carbons (Fsp3) is 0.786. The summed E-state index contributed by atoms with van der Waals surface area (Å²) >= 11 is 1.76. The molecule has 4 nitrogen and oxygen atoms in total. The lowest BCUT2D eigenvalue weighted by Crippen LogP contribution is -2.22. The van der Waals surface area contributed by atoms with Crippen molar-refractivity contribution in [2.24, 2.45) is 5.92 Å². The summed E-state index contributed by atoms with van der Waals surface area (Å²) in [4.78, 5) is 7.18. The fourth-order valence-electron chi connectivity index (χ4n) is 2.45. The summed E-state index contributed by atoms with van der Waals surface area (Å²) in [6, 6.07) is 0.515. The molecule has 1 aliphatic rings. The van der Waals surface area contributed by atoms with Crippen LogP contribution in [0.4, 0.5) is 0 Å². The van der Waals surface area contributed by atoms with Crippen molar-refractivity contribution in [2.75, 3.05) is 26.8 Å². The number of thiazole rings is 1. The number of rotatable bonds is 7. The topological polar surface area (TPSA) is 37.4 Å². The van der Waals surface area contributed by atoms with E-state index in [9.17, 15) is 0 Å². The van der Waals surface area contributed by atoms with Crippen molar-refractivity contribution in [3.8, 4) is 0 Å². The Kier molecular flexibility index (Phi) is 5.76. The maximum absolute atomic E-state index is 5.23. The number of nitrogens with zero attached hydrogens (tertiary/aromatic N) is 2. The van der Waals surface area contributed by atoms with Crippen molar-refractivity contribution in [1.82, 2.24) is 15.2 Å². The number of hydrogen-bond acceptors (Lipinski definition) is 5. The molecule has 19 heavy (non-hydrogen) atoms. The third-order valence-electron chi connectivity index (χ3n) is 3.42. The molecule has 0 spiro atoms. The van der Waals surface area contributed by atoms with Gasteiger partial charge in [-0.25, -0.2) is 4.98 Å². The average Bonchev–Trinajstić information content (AvgIpc) is 2.98. The third kappa shape index (κ3) is 4.84. The summed E-state index contributed by atoms with van der Waals surface area (Å²) in [7, 11) is 1.79. The molecule has 2 heterocycles. The van der Waals surface area contributed by atoms with Crippen LogP contribution in [-0.2, 0) is 17.8 Å². The maximum Gasteiger partial charge on any atom is 0.107 e. The Hall–Kier alpha value is -0.490. The van der Waals surface area contributed by atoms with Gasteiger partial charge in [0.05, 0.1) is 12.3 Å². The SMILES string of the molecule is COCC1CCN(Cc2csc(CNC(C)C)n2)C1. The quantitative estimate of drug-likeness (QED) is 0.831. The number of nitrogens with one attached hydrogen (secondary N) is 1. The fourth-order valence-corrected chi connectivity index (χ4v) is 3.19. The first-order valence-electron chi connectivity index (χ1n) is 7.05. The average molecular weight is 283 g/mol. The van der Waals surface area contributed by atoms with E-state index in [-0.39, 0.29) is 0 Å². The third-order valence-corrected chi connectivity index (χ3v) is 4.32. The molecule has 1 N–H and O–H groups in total. The second-order valence-electron chi connectivity index (χ2n) is 5.61. The molecule has 108 valence electrons. The van der Waals surface area contributed by atoms with E-state index in [1.54, 1.807) is 18.4 Å². The van der Waals surface area contributed by atoms with E-state index in [1.165, 1.54) is 23.7 Å². The van der Waals surface area contributed by atoms with E-state index in [4.69, 9.17) is 9.72 Å². The molecule has 1 aromatic rings. The van der Waals surface area contributed by atoms with Gasteiger partial charge in [0.1, 0.15) is 5.01 Å². The van der Waals surface area contributed by atoms with Gasteiger partial charge < -0.3 is 10.1 Å². The molecule has 0 aliphatic carbocycles. The zero-order valence-corrected chi connectivity index (χ0v) is 13.0. The lowest BCUT2D eigenvalue weighted by molar-refractivity contribution is 0.152. The zero-order valence-electron chi connectivity index (χ0n) is 12.2. The predicted molar refractivity (Wildman–Crippen MR) is 79.3 cm³/mol. The van der Waals surface area contributed by atoms with Crippen LogP contribution in [0.3, 0.4) is 0 Å². The number of hydrogen-bond donors (Lipinski definition) is 1. The Balaban J connectivity index is 1.77. The Bertz CT molecular complexity index is 381. The van der Waals surface area contributed by atoms with Crippen LogP contribution in [-0.4, -0.2) is 42.7 Å². The van der Waals surface area contributed by atoms with Crippen molar-refractivity contribution in [1.29, 1.82) is 0 Å². The molecule has 0 amide bonds. The van der Waals surface area contributed by atoms with Gasteiger partial charge in [-0.05, 0) is 18.9 Å². The van der Waals surface area contributed by atoms with Gasteiger partial charge in [0.2, 0.25) is 0 Å². The summed E-state index contributed by atoms with van der Waals surface area (Å²) in [6.45, 7) is 9.39. The predicted octanol–water partition coefficient (Wildman–Crippen LogP) is 2.11. The highest BCUT2D eigenvalue weighted by molar-refractivity contribution is 7.09. The normalized spacial score (nSPS) is 20.5. The summed E-state index contributed by atoms with van der Waals surface area (Å²) in [5, 5.41) is 6.80. The Labute approximate surface area is 120 Å². The van der Waals surface area contributed by atoms with Crippen LogP contribution >= 0.6 is 11.3 Å². The monoisotopic (exact) mass is 283 g/mol. The molecular weight excluding hydrogens is 258 g/mol. The van der Waals surface area contributed by atoms with Crippen molar-refractivity contribution >= 4 is 11.3 Å². The van der Waals surface area contributed by atoms with Crippen LogP contribution in [0.5, 0.6) is 0 Å². The molecule has 1 aromatic heterocycles. The molecule has 0 saturated carbocycles. The van der Waals surface area contributed by atoms with E-state index in [0.717, 1.165) is 26.2 Å². The Morgan fingerprint density at radius 3 is 3.16 bits per heavy atom. The van der Waals surface area contributed by atoms with Crippen LogP contribution in [0, 0.1) is 5.92 Å². The summed E-state index contributed by atoms with van der Waals surface area (Å²) in [5.41, 5.74) is 1.21. The van der Waals surface area contributed by atoms with Crippen LogP contribution in [0.25, 0.3) is 0 Å². The van der Waals surface area contributed by atoms with Gasteiger partial charge in [0.25, 0.3) is 0 Å². The first kappa shape index (κ1) is 14.9. The molecule has 1 atom stereocenters. The van der Waals surface area contributed by atoms with Gasteiger partial charge in [-0.1, -0.05) is 13.8 Å². The first-order valence-corrected chi connectivity index (χ1v) is 7.93. The lowest BCUT2D eigenvalue weighted by atomic mass is 10.1. The van der Waals surface area contributed by atoms with Crippen molar-refractivity contribution in [2.45, 2.75) is 39.4 Å². The van der Waals surface area contributed by atoms with Gasteiger partial charge in [-0.15, -0.1) is 11.3 Å². The van der Waals surface area contributed by atoms with Gasteiger partial charge in [-0.2, -0.15) is 0 Å². The van der Waals surface area contributed by atoms with Gasteiger partial charge in [0.15, 0.2) is 0 Å². The zero-order chi connectivity index (χ0) is 13.7. The number of methoxy groups -OCH3 is 1. The van der Waals surface area contributed by atoms with E-state index in [0.29, 0.717) is 12.0 Å². The highest BCUT2D eigenvalue weighted by Crippen LogP contribution is 2.19. The molecule has 5 heteroatoms. The Morgan fingerprint density at radius 2 is 2.42 bits per heavy atom. The van der Waals surface area contributed by atoms with Crippen LogP contribution in [0.2, 0.25) is 0 Å². The molecule has 1 unspecified atom stereocenters. The summed E-state index contributed by atoms with van der Waals surface area (Å²) in [6.07, 6.45) is 1.25. The largest absolute Gasteiger partial charge is 0.384 e. The van der Waals surface area contributed by atoms with Crippen LogP contribution in [0.15, 0.2) is 5.38 Å². The highest BCUT2D eigenvalue weighted by Gasteiger charge is 2.22.